The molecule has 0 spiro atoms. The molecular formula is C32H38FN3O6S. The van der Waals surface area contributed by atoms with Crippen molar-refractivity contribution in [2.75, 3.05) is 24.1 Å². The van der Waals surface area contributed by atoms with Crippen LogP contribution in [0.15, 0.2) is 71.6 Å². The first-order valence-electron chi connectivity index (χ1n) is 14.1. The van der Waals surface area contributed by atoms with Crippen molar-refractivity contribution in [2.45, 2.75) is 64.1 Å². The summed E-state index contributed by atoms with van der Waals surface area (Å²) in [5.41, 5.74) is 1.35. The number of halogens is 1. The van der Waals surface area contributed by atoms with Gasteiger partial charge in [0.05, 0.1) is 10.6 Å². The molecule has 2 amide bonds. The third-order valence-electron chi connectivity index (χ3n) is 6.85. The van der Waals surface area contributed by atoms with E-state index in [1.54, 1.807) is 6.92 Å². The van der Waals surface area contributed by atoms with E-state index < -0.39 is 39.9 Å². The number of sulfonamides is 1. The van der Waals surface area contributed by atoms with Crippen molar-refractivity contribution >= 4 is 27.5 Å². The summed E-state index contributed by atoms with van der Waals surface area (Å²) in [6.45, 7) is 9.34. The zero-order chi connectivity index (χ0) is 31.4. The second-order valence-corrected chi connectivity index (χ2v) is 13.3. The highest BCUT2D eigenvalue weighted by Crippen LogP contribution is 2.34. The fourth-order valence-corrected chi connectivity index (χ4v) is 6.14. The minimum absolute atomic E-state index is 0.0799. The maximum atomic E-state index is 14.2. The van der Waals surface area contributed by atoms with Gasteiger partial charge in [0.25, 0.3) is 10.0 Å². The zero-order valence-electron chi connectivity index (χ0n) is 25.1. The van der Waals surface area contributed by atoms with E-state index in [2.05, 4.69) is 5.32 Å². The van der Waals surface area contributed by atoms with Crippen LogP contribution in [0.2, 0.25) is 0 Å². The van der Waals surface area contributed by atoms with Crippen molar-refractivity contribution in [3.05, 3.63) is 83.7 Å². The van der Waals surface area contributed by atoms with Crippen molar-refractivity contribution in [1.82, 2.24) is 10.2 Å². The summed E-state index contributed by atoms with van der Waals surface area (Å²) in [5.74, 6) is -0.823. The quantitative estimate of drug-likeness (QED) is 0.353. The van der Waals surface area contributed by atoms with Gasteiger partial charge in [0, 0.05) is 18.2 Å². The molecule has 0 bridgehead atoms. The van der Waals surface area contributed by atoms with Gasteiger partial charge in [0.15, 0.2) is 11.5 Å². The smallest absolute Gasteiger partial charge is 0.264 e. The van der Waals surface area contributed by atoms with Gasteiger partial charge in [-0.2, -0.15) is 0 Å². The highest BCUT2D eigenvalue weighted by Gasteiger charge is 2.35. The Morgan fingerprint density at radius 3 is 2.19 bits per heavy atom. The Kier molecular flexibility index (Phi) is 9.64. The molecule has 1 aliphatic heterocycles. The predicted molar refractivity (Wildman–Crippen MR) is 162 cm³/mol. The topological polar surface area (TPSA) is 105 Å². The Morgan fingerprint density at radius 2 is 1.58 bits per heavy atom. The van der Waals surface area contributed by atoms with E-state index in [4.69, 9.17) is 9.47 Å². The van der Waals surface area contributed by atoms with E-state index in [0.29, 0.717) is 18.8 Å². The summed E-state index contributed by atoms with van der Waals surface area (Å²) in [7, 11) is -4.36. The summed E-state index contributed by atoms with van der Waals surface area (Å²) < 4.78 is 54.1. The Labute approximate surface area is 252 Å². The zero-order valence-corrected chi connectivity index (χ0v) is 25.9. The molecule has 1 aliphatic rings. The van der Waals surface area contributed by atoms with Crippen LogP contribution in [0.4, 0.5) is 10.1 Å². The lowest BCUT2D eigenvalue weighted by Crippen LogP contribution is -2.55. The van der Waals surface area contributed by atoms with Gasteiger partial charge in [-0.15, -0.1) is 0 Å². The molecule has 0 aliphatic carbocycles. The van der Waals surface area contributed by atoms with E-state index >= 15 is 0 Å². The fourth-order valence-electron chi connectivity index (χ4n) is 4.71. The molecule has 9 nitrogen and oxygen atoms in total. The number of carbonyl (C=O) groups excluding carboxylic acids is 2. The first-order chi connectivity index (χ1) is 20.3. The summed E-state index contributed by atoms with van der Waals surface area (Å²) in [6, 6.07) is 15.7. The lowest BCUT2D eigenvalue weighted by atomic mass is 10.1. The van der Waals surface area contributed by atoms with E-state index in [9.17, 15) is 22.4 Å². The first kappa shape index (κ1) is 31.8. The SMILES string of the molecule is CC[C@@H](C(=O)NC(C)(C)C)N(Cc1ccc(C)cc1)C(=O)CN(c1ccc(F)cc1)S(=O)(=O)c1ccc2c(c1)OCCO2. The summed E-state index contributed by atoms with van der Waals surface area (Å²) in [6.07, 6.45) is 0.297. The molecule has 0 saturated heterocycles. The van der Waals surface area contributed by atoms with Crippen LogP contribution in [0.3, 0.4) is 0 Å². The van der Waals surface area contributed by atoms with Gasteiger partial charge >= 0.3 is 0 Å². The maximum absolute atomic E-state index is 14.2. The van der Waals surface area contributed by atoms with E-state index in [-0.39, 0.29) is 35.4 Å². The van der Waals surface area contributed by atoms with E-state index in [1.165, 1.54) is 35.2 Å². The number of hydrogen-bond donors (Lipinski definition) is 1. The Hall–Kier alpha value is -4.12. The van der Waals surface area contributed by atoms with Gasteiger partial charge in [0.2, 0.25) is 11.8 Å². The predicted octanol–water partition coefficient (Wildman–Crippen LogP) is 4.82. The lowest BCUT2D eigenvalue weighted by Gasteiger charge is -2.35. The van der Waals surface area contributed by atoms with Crippen molar-refractivity contribution in [3.63, 3.8) is 0 Å². The molecule has 1 N–H and O–H groups in total. The second kappa shape index (κ2) is 13.0. The number of carbonyl (C=O) groups is 2. The molecule has 3 aromatic rings. The molecular weight excluding hydrogens is 573 g/mol. The van der Waals surface area contributed by atoms with Crippen LogP contribution in [0.25, 0.3) is 0 Å². The second-order valence-electron chi connectivity index (χ2n) is 11.5. The Balaban J connectivity index is 1.75. The minimum Gasteiger partial charge on any atom is -0.486 e. The van der Waals surface area contributed by atoms with Crippen LogP contribution in [0.1, 0.15) is 45.2 Å². The van der Waals surface area contributed by atoms with Gasteiger partial charge in [-0.05, 0) is 76.1 Å². The minimum atomic E-state index is -4.36. The van der Waals surface area contributed by atoms with Gasteiger partial charge < -0.3 is 19.7 Å². The van der Waals surface area contributed by atoms with Crippen molar-refractivity contribution in [2.24, 2.45) is 0 Å². The van der Waals surface area contributed by atoms with Crippen molar-refractivity contribution < 1.29 is 31.9 Å². The highest BCUT2D eigenvalue weighted by atomic mass is 32.2. The largest absolute Gasteiger partial charge is 0.486 e. The first-order valence-corrected chi connectivity index (χ1v) is 15.6. The molecule has 43 heavy (non-hydrogen) atoms. The van der Waals surface area contributed by atoms with Crippen LogP contribution in [0, 0.1) is 12.7 Å². The molecule has 0 radical (unpaired) electrons. The third-order valence-corrected chi connectivity index (χ3v) is 8.62. The molecule has 1 heterocycles. The summed E-state index contributed by atoms with van der Waals surface area (Å²) >= 11 is 0. The van der Waals surface area contributed by atoms with Gasteiger partial charge in [-0.1, -0.05) is 36.8 Å². The van der Waals surface area contributed by atoms with Gasteiger partial charge in [0.1, 0.15) is 31.6 Å². The summed E-state index contributed by atoms with van der Waals surface area (Å²) in [4.78, 5) is 28.9. The number of benzene rings is 3. The van der Waals surface area contributed by atoms with Crippen LogP contribution in [-0.2, 0) is 26.2 Å². The maximum Gasteiger partial charge on any atom is 0.264 e. The fraction of sp³-hybridized carbons (Fsp3) is 0.375. The highest BCUT2D eigenvalue weighted by molar-refractivity contribution is 7.92. The Bertz CT molecular complexity index is 1550. The van der Waals surface area contributed by atoms with Crippen LogP contribution >= 0.6 is 0 Å². The average molecular weight is 612 g/mol. The van der Waals surface area contributed by atoms with Crippen molar-refractivity contribution in [1.29, 1.82) is 0 Å². The van der Waals surface area contributed by atoms with Gasteiger partial charge in [-0.3, -0.25) is 13.9 Å². The standard InChI is InChI=1S/C32H38FN3O6S/c1-6-27(31(38)34-32(3,4)5)35(20-23-9-7-22(2)8-10-23)30(37)21-36(25-13-11-24(33)12-14-25)43(39,40)26-15-16-28-29(19-26)42-18-17-41-28/h7-16,19,27H,6,17-18,20-21H2,1-5H3,(H,34,38)/t27-/m0/s1. The molecule has 230 valence electrons. The number of nitrogens with one attached hydrogen (secondary N) is 1. The molecule has 4 rings (SSSR count). The monoisotopic (exact) mass is 611 g/mol. The molecule has 0 saturated carbocycles. The number of hydrogen-bond acceptors (Lipinski definition) is 6. The molecule has 0 fully saturated rings. The molecule has 1 atom stereocenters. The average Bonchev–Trinajstić information content (AvgIpc) is 2.96. The number of ether oxygens (including phenoxy) is 2. The molecule has 0 aromatic heterocycles. The third kappa shape index (κ3) is 7.84. The molecule has 11 heteroatoms. The number of anilines is 1. The van der Waals surface area contributed by atoms with Crippen LogP contribution in [0.5, 0.6) is 11.5 Å². The number of fused-ring (bicyclic) bond motifs is 1. The molecule has 0 unspecified atom stereocenters. The lowest BCUT2D eigenvalue weighted by molar-refractivity contribution is -0.141. The van der Waals surface area contributed by atoms with Crippen LogP contribution < -0.4 is 19.1 Å². The number of amides is 2. The van der Waals surface area contributed by atoms with Crippen LogP contribution in [-0.4, -0.2) is 56.5 Å². The van der Waals surface area contributed by atoms with E-state index in [1.807, 2.05) is 52.0 Å². The number of aryl methyl sites for hydroxylation is 1. The number of nitrogens with zero attached hydrogens (tertiary/aromatic N) is 2. The normalized spacial score (nSPS) is 13.6. The van der Waals surface area contributed by atoms with Crippen molar-refractivity contribution in [3.8, 4) is 11.5 Å². The van der Waals surface area contributed by atoms with Gasteiger partial charge in [-0.25, -0.2) is 12.8 Å². The summed E-state index contributed by atoms with van der Waals surface area (Å²) in [5, 5.41) is 2.94. The van der Waals surface area contributed by atoms with E-state index in [0.717, 1.165) is 27.6 Å². The molecule has 3 aromatic carbocycles. The Morgan fingerprint density at radius 1 is 0.953 bits per heavy atom. The number of rotatable bonds is 10.